The fourth-order valence-electron chi connectivity index (χ4n) is 2.37. The second kappa shape index (κ2) is 8.99. The van der Waals surface area contributed by atoms with E-state index < -0.39 is 12.0 Å². The molecular formula is C18H21ClN2O3S. The van der Waals surface area contributed by atoms with Crippen LogP contribution in [0.15, 0.2) is 36.4 Å². The van der Waals surface area contributed by atoms with E-state index in [9.17, 15) is 14.7 Å². The minimum Gasteiger partial charge on any atom is -0.480 e. The summed E-state index contributed by atoms with van der Waals surface area (Å²) in [5, 5.41) is 12.7. The molecule has 1 aromatic carbocycles. The fourth-order valence-corrected chi connectivity index (χ4v) is 3.54. The van der Waals surface area contributed by atoms with Gasteiger partial charge in [0.15, 0.2) is 0 Å². The summed E-state index contributed by atoms with van der Waals surface area (Å²) >= 11 is 7.54. The zero-order chi connectivity index (χ0) is 18.4. The van der Waals surface area contributed by atoms with Crippen molar-refractivity contribution in [1.82, 2.24) is 10.2 Å². The van der Waals surface area contributed by atoms with Gasteiger partial charge in [-0.3, -0.25) is 14.5 Å². The number of halogens is 1. The SMILES string of the molecule is CC(=O)NCCN(Cc1ccc(-c2ccc(Cl)cc2)s1)C(C)C(=O)O. The topological polar surface area (TPSA) is 69.6 Å². The summed E-state index contributed by atoms with van der Waals surface area (Å²) in [6.45, 7) is 4.52. The lowest BCUT2D eigenvalue weighted by molar-refractivity contribution is -0.142. The van der Waals surface area contributed by atoms with Crippen LogP contribution in [0.25, 0.3) is 10.4 Å². The number of carboxylic acid groups (broad SMARTS) is 1. The molecule has 2 N–H and O–H groups in total. The van der Waals surface area contributed by atoms with E-state index in [2.05, 4.69) is 5.32 Å². The predicted molar refractivity (Wildman–Crippen MR) is 101 cm³/mol. The van der Waals surface area contributed by atoms with Crippen LogP contribution < -0.4 is 5.32 Å². The van der Waals surface area contributed by atoms with E-state index in [-0.39, 0.29) is 5.91 Å². The Morgan fingerprint density at radius 3 is 2.52 bits per heavy atom. The molecule has 0 bridgehead atoms. The Hall–Kier alpha value is -1.89. The number of aliphatic carboxylic acids is 1. The Labute approximate surface area is 156 Å². The lowest BCUT2D eigenvalue weighted by Gasteiger charge is -2.25. The molecule has 0 spiro atoms. The van der Waals surface area contributed by atoms with Gasteiger partial charge in [-0.2, -0.15) is 0 Å². The van der Waals surface area contributed by atoms with Crippen molar-refractivity contribution in [1.29, 1.82) is 0 Å². The molecule has 0 saturated heterocycles. The molecule has 7 heteroatoms. The maximum atomic E-state index is 11.3. The summed E-state index contributed by atoms with van der Waals surface area (Å²) < 4.78 is 0. The molecule has 0 aliphatic rings. The molecule has 2 rings (SSSR count). The van der Waals surface area contributed by atoms with Crippen LogP contribution in [0.4, 0.5) is 0 Å². The lowest BCUT2D eigenvalue weighted by atomic mass is 10.2. The molecule has 0 saturated carbocycles. The Morgan fingerprint density at radius 2 is 1.92 bits per heavy atom. The zero-order valence-electron chi connectivity index (χ0n) is 14.2. The van der Waals surface area contributed by atoms with Crippen molar-refractivity contribution in [3.8, 4) is 10.4 Å². The molecule has 0 fully saturated rings. The van der Waals surface area contributed by atoms with Crippen molar-refractivity contribution in [2.24, 2.45) is 0 Å². The normalized spacial score (nSPS) is 12.2. The van der Waals surface area contributed by atoms with Crippen LogP contribution in [0.1, 0.15) is 18.7 Å². The Morgan fingerprint density at radius 1 is 1.24 bits per heavy atom. The summed E-state index contributed by atoms with van der Waals surface area (Å²) in [7, 11) is 0. The van der Waals surface area contributed by atoms with Gasteiger partial charge < -0.3 is 10.4 Å². The molecule has 1 atom stereocenters. The Balaban J connectivity index is 2.08. The van der Waals surface area contributed by atoms with Gasteiger partial charge in [0.1, 0.15) is 6.04 Å². The van der Waals surface area contributed by atoms with Crippen LogP contribution >= 0.6 is 22.9 Å². The van der Waals surface area contributed by atoms with Crippen molar-refractivity contribution in [3.05, 3.63) is 46.3 Å². The average molecular weight is 381 g/mol. The molecule has 134 valence electrons. The maximum absolute atomic E-state index is 11.3. The minimum atomic E-state index is -0.877. The van der Waals surface area contributed by atoms with Crippen LogP contribution in [0.3, 0.4) is 0 Å². The number of benzene rings is 1. The van der Waals surface area contributed by atoms with Crippen molar-refractivity contribution < 1.29 is 14.7 Å². The Bertz CT molecular complexity index is 730. The predicted octanol–water partition coefficient (Wildman–Crippen LogP) is 3.48. The first kappa shape index (κ1) is 19.4. The average Bonchev–Trinajstić information content (AvgIpc) is 3.02. The number of nitrogens with one attached hydrogen (secondary N) is 1. The van der Waals surface area contributed by atoms with E-state index in [0.717, 1.165) is 15.3 Å². The van der Waals surface area contributed by atoms with Gasteiger partial charge in [0.2, 0.25) is 5.91 Å². The quantitative estimate of drug-likeness (QED) is 0.735. The van der Waals surface area contributed by atoms with Gasteiger partial charge >= 0.3 is 5.97 Å². The highest BCUT2D eigenvalue weighted by atomic mass is 35.5. The van der Waals surface area contributed by atoms with Crippen molar-refractivity contribution >= 4 is 34.8 Å². The third-order valence-electron chi connectivity index (χ3n) is 3.83. The fraction of sp³-hybridized carbons (Fsp3) is 0.333. The van der Waals surface area contributed by atoms with Crippen LogP contribution in [0, 0.1) is 0 Å². The summed E-state index contributed by atoms with van der Waals surface area (Å²) in [5.41, 5.74) is 1.08. The lowest BCUT2D eigenvalue weighted by Crippen LogP contribution is -2.42. The van der Waals surface area contributed by atoms with E-state index >= 15 is 0 Å². The van der Waals surface area contributed by atoms with E-state index in [4.69, 9.17) is 11.6 Å². The number of amides is 1. The van der Waals surface area contributed by atoms with Crippen LogP contribution in [-0.4, -0.2) is 41.0 Å². The van der Waals surface area contributed by atoms with E-state index in [1.54, 1.807) is 18.3 Å². The molecule has 0 aliphatic heterocycles. The van der Waals surface area contributed by atoms with Gasteiger partial charge in [0.05, 0.1) is 0 Å². The Kier molecular flexibility index (Phi) is 6.99. The summed E-state index contributed by atoms with van der Waals surface area (Å²) in [5.74, 6) is -0.999. The number of carbonyl (C=O) groups is 2. The van der Waals surface area contributed by atoms with Crippen molar-refractivity contribution in [3.63, 3.8) is 0 Å². The first-order valence-corrected chi connectivity index (χ1v) is 9.12. The highest BCUT2D eigenvalue weighted by Gasteiger charge is 2.21. The smallest absolute Gasteiger partial charge is 0.320 e. The summed E-state index contributed by atoms with van der Waals surface area (Å²) in [6, 6.07) is 11.0. The number of rotatable bonds is 8. The first-order valence-electron chi connectivity index (χ1n) is 7.92. The summed E-state index contributed by atoms with van der Waals surface area (Å²) in [4.78, 5) is 26.4. The number of hydrogen-bond acceptors (Lipinski definition) is 4. The number of thiophene rings is 1. The van der Waals surface area contributed by atoms with Crippen molar-refractivity contribution in [2.45, 2.75) is 26.4 Å². The standard InChI is InChI=1S/C18H21ClN2O3S/c1-12(18(23)24)21(10-9-20-13(2)22)11-16-7-8-17(25-16)14-3-5-15(19)6-4-14/h3-8,12H,9-11H2,1-2H3,(H,20,22)(H,23,24). The number of carboxylic acids is 1. The van der Waals surface area contributed by atoms with Gasteiger partial charge in [0.25, 0.3) is 0 Å². The third-order valence-corrected chi connectivity index (χ3v) is 5.20. The molecule has 1 amide bonds. The van der Waals surface area contributed by atoms with E-state index in [0.29, 0.717) is 24.7 Å². The molecule has 1 aromatic heterocycles. The van der Waals surface area contributed by atoms with Crippen LogP contribution in [-0.2, 0) is 16.1 Å². The van der Waals surface area contributed by atoms with Crippen LogP contribution in [0.5, 0.6) is 0 Å². The molecule has 5 nitrogen and oxygen atoms in total. The summed E-state index contributed by atoms with van der Waals surface area (Å²) in [6.07, 6.45) is 0. The maximum Gasteiger partial charge on any atom is 0.320 e. The van der Waals surface area contributed by atoms with Gasteiger partial charge in [0, 0.05) is 41.3 Å². The van der Waals surface area contributed by atoms with E-state index in [1.165, 1.54) is 6.92 Å². The molecule has 1 heterocycles. The van der Waals surface area contributed by atoms with Crippen LogP contribution in [0.2, 0.25) is 5.02 Å². The van der Waals surface area contributed by atoms with Gasteiger partial charge in [-0.05, 0) is 36.8 Å². The highest BCUT2D eigenvalue weighted by Crippen LogP contribution is 2.30. The molecule has 2 aromatic rings. The number of carbonyl (C=O) groups excluding carboxylic acids is 1. The van der Waals surface area contributed by atoms with Crippen molar-refractivity contribution in [2.75, 3.05) is 13.1 Å². The zero-order valence-corrected chi connectivity index (χ0v) is 15.7. The minimum absolute atomic E-state index is 0.121. The first-order chi connectivity index (χ1) is 11.9. The highest BCUT2D eigenvalue weighted by molar-refractivity contribution is 7.15. The van der Waals surface area contributed by atoms with Gasteiger partial charge in [-0.25, -0.2) is 0 Å². The number of nitrogens with zero attached hydrogens (tertiary/aromatic N) is 1. The van der Waals surface area contributed by atoms with Gasteiger partial charge in [-0.1, -0.05) is 23.7 Å². The molecule has 0 aliphatic carbocycles. The second-order valence-corrected chi connectivity index (χ2v) is 7.35. The van der Waals surface area contributed by atoms with E-state index in [1.807, 2.05) is 41.3 Å². The van der Waals surface area contributed by atoms with Gasteiger partial charge in [-0.15, -0.1) is 11.3 Å². The molecule has 0 radical (unpaired) electrons. The third kappa shape index (κ3) is 5.85. The second-order valence-electron chi connectivity index (χ2n) is 5.74. The largest absolute Gasteiger partial charge is 0.480 e. The molecular weight excluding hydrogens is 360 g/mol. The number of hydrogen-bond donors (Lipinski definition) is 2. The monoisotopic (exact) mass is 380 g/mol. The molecule has 25 heavy (non-hydrogen) atoms. The molecule has 1 unspecified atom stereocenters.